The maximum Gasteiger partial charge on any atom is 0.337 e. The van der Waals surface area contributed by atoms with Crippen LogP contribution in [0.25, 0.3) is 10.8 Å². The van der Waals surface area contributed by atoms with Crippen LogP contribution in [-0.2, 0) is 0 Å². The zero-order valence-electron chi connectivity index (χ0n) is 8.54. The monoisotopic (exact) mass is 232 g/mol. The van der Waals surface area contributed by atoms with Gasteiger partial charge in [-0.05, 0) is 17.5 Å². The molecule has 0 radical (unpaired) electrons. The van der Waals surface area contributed by atoms with Crippen molar-refractivity contribution in [3.05, 3.63) is 41.5 Å². The summed E-state index contributed by atoms with van der Waals surface area (Å²) in [6.45, 7) is 0. The largest absolute Gasteiger partial charge is 0.507 e. The summed E-state index contributed by atoms with van der Waals surface area (Å²) in [6, 6.07) is 7.16. The molecule has 2 aromatic carbocycles. The molecule has 0 saturated carbocycles. The van der Waals surface area contributed by atoms with Crippen LogP contribution in [0.15, 0.2) is 30.3 Å². The van der Waals surface area contributed by atoms with Crippen LogP contribution in [0.2, 0.25) is 0 Å². The quantitative estimate of drug-likeness (QED) is 0.735. The lowest BCUT2D eigenvalue weighted by Crippen LogP contribution is -2.08. The average Bonchev–Trinajstić information content (AvgIpc) is 2.27. The molecule has 0 spiro atoms. The van der Waals surface area contributed by atoms with E-state index in [0.717, 1.165) is 0 Å². The summed E-state index contributed by atoms with van der Waals surface area (Å²) in [5, 5.41) is 28.2. The Bertz CT molecular complexity index is 630. The third kappa shape index (κ3) is 1.67. The summed E-state index contributed by atoms with van der Waals surface area (Å²) >= 11 is 0. The molecule has 0 aliphatic carbocycles. The molecule has 0 saturated heterocycles. The Morgan fingerprint density at radius 1 is 0.941 bits per heavy atom. The molecule has 0 fully saturated rings. The Hall–Kier alpha value is -2.56. The van der Waals surface area contributed by atoms with Gasteiger partial charge in [0.2, 0.25) is 0 Å². The van der Waals surface area contributed by atoms with E-state index in [1.165, 1.54) is 18.2 Å². The normalized spacial score (nSPS) is 10.4. The van der Waals surface area contributed by atoms with E-state index in [0.29, 0.717) is 5.39 Å². The first-order chi connectivity index (χ1) is 8.02. The highest BCUT2D eigenvalue weighted by molar-refractivity contribution is 6.13. The molecule has 0 aromatic heterocycles. The van der Waals surface area contributed by atoms with Gasteiger partial charge in [-0.3, -0.25) is 0 Å². The molecule has 0 unspecified atom stereocenters. The molecule has 0 atom stereocenters. The number of carboxylic acid groups (broad SMARTS) is 2. The van der Waals surface area contributed by atoms with Crippen molar-refractivity contribution in [2.45, 2.75) is 0 Å². The molecule has 0 heterocycles. The molecular formula is C12H8O5. The van der Waals surface area contributed by atoms with Crippen molar-refractivity contribution >= 4 is 22.7 Å². The second kappa shape index (κ2) is 3.79. The first-order valence-electron chi connectivity index (χ1n) is 4.73. The number of aromatic hydroxyl groups is 1. The van der Waals surface area contributed by atoms with Crippen LogP contribution < -0.4 is 0 Å². The van der Waals surface area contributed by atoms with Gasteiger partial charge < -0.3 is 15.3 Å². The van der Waals surface area contributed by atoms with E-state index in [-0.39, 0.29) is 16.7 Å². The van der Waals surface area contributed by atoms with Crippen molar-refractivity contribution in [1.82, 2.24) is 0 Å². The Kier molecular flexibility index (Phi) is 2.44. The standard InChI is InChI=1S/C12H8O5/c13-8-3-1-2-6-4-5-7(11(14)15)10(9(6)8)12(16)17/h1-5,13H,(H,14,15)(H,16,17). The van der Waals surface area contributed by atoms with Gasteiger partial charge in [-0.2, -0.15) is 0 Å². The van der Waals surface area contributed by atoms with Gasteiger partial charge in [0.05, 0.1) is 11.1 Å². The van der Waals surface area contributed by atoms with Crippen LogP contribution in [0, 0.1) is 0 Å². The van der Waals surface area contributed by atoms with Crippen LogP contribution in [0.3, 0.4) is 0 Å². The molecule has 5 nitrogen and oxygen atoms in total. The van der Waals surface area contributed by atoms with E-state index in [1.54, 1.807) is 12.1 Å². The Labute approximate surface area is 95.5 Å². The van der Waals surface area contributed by atoms with Crippen molar-refractivity contribution in [2.75, 3.05) is 0 Å². The minimum absolute atomic E-state index is 0.0416. The molecule has 2 rings (SSSR count). The van der Waals surface area contributed by atoms with Gasteiger partial charge in [-0.25, -0.2) is 9.59 Å². The van der Waals surface area contributed by atoms with E-state index in [9.17, 15) is 14.7 Å². The molecule has 86 valence electrons. The van der Waals surface area contributed by atoms with Crippen LogP contribution in [0.5, 0.6) is 5.75 Å². The molecule has 0 amide bonds. The lowest BCUT2D eigenvalue weighted by Gasteiger charge is -2.07. The van der Waals surface area contributed by atoms with Gasteiger partial charge in [-0.15, -0.1) is 0 Å². The summed E-state index contributed by atoms with van der Waals surface area (Å²) in [6.07, 6.45) is 0. The van der Waals surface area contributed by atoms with Crippen molar-refractivity contribution in [2.24, 2.45) is 0 Å². The maximum absolute atomic E-state index is 11.1. The molecule has 3 N–H and O–H groups in total. The van der Waals surface area contributed by atoms with Gasteiger partial charge in [0.25, 0.3) is 0 Å². The highest BCUT2D eigenvalue weighted by Gasteiger charge is 2.20. The number of carboxylic acids is 2. The van der Waals surface area contributed by atoms with Crippen molar-refractivity contribution in [3.8, 4) is 5.75 Å². The van der Waals surface area contributed by atoms with Gasteiger partial charge in [0, 0.05) is 5.39 Å². The van der Waals surface area contributed by atoms with E-state index in [1.807, 2.05) is 0 Å². The summed E-state index contributed by atoms with van der Waals surface area (Å²) in [4.78, 5) is 22.1. The lowest BCUT2D eigenvalue weighted by atomic mass is 9.98. The smallest absolute Gasteiger partial charge is 0.337 e. The van der Waals surface area contributed by atoms with Gasteiger partial charge >= 0.3 is 11.9 Å². The van der Waals surface area contributed by atoms with Crippen molar-refractivity contribution in [1.29, 1.82) is 0 Å². The summed E-state index contributed by atoms with van der Waals surface area (Å²) < 4.78 is 0. The van der Waals surface area contributed by atoms with E-state index in [4.69, 9.17) is 10.2 Å². The number of hydrogen-bond donors (Lipinski definition) is 3. The van der Waals surface area contributed by atoms with Crippen LogP contribution in [-0.4, -0.2) is 27.3 Å². The van der Waals surface area contributed by atoms with Crippen molar-refractivity contribution < 1.29 is 24.9 Å². The maximum atomic E-state index is 11.1. The zero-order chi connectivity index (χ0) is 12.6. The predicted octanol–water partition coefficient (Wildman–Crippen LogP) is 1.94. The fourth-order valence-electron chi connectivity index (χ4n) is 1.76. The number of fused-ring (bicyclic) bond motifs is 1. The molecule has 0 bridgehead atoms. The Morgan fingerprint density at radius 3 is 2.24 bits per heavy atom. The summed E-state index contributed by atoms with van der Waals surface area (Å²) in [5.41, 5.74) is -0.736. The first kappa shape index (κ1) is 10.9. The highest BCUT2D eigenvalue weighted by atomic mass is 16.4. The highest BCUT2D eigenvalue weighted by Crippen LogP contribution is 2.30. The van der Waals surface area contributed by atoms with Crippen LogP contribution >= 0.6 is 0 Å². The number of carbonyl (C=O) groups is 2. The van der Waals surface area contributed by atoms with E-state index < -0.39 is 17.5 Å². The Morgan fingerprint density at radius 2 is 1.65 bits per heavy atom. The molecule has 5 heteroatoms. The first-order valence-corrected chi connectivity index (χ1v) is 4.73. The zero-order valence-corrected chi connectivity index (χ0v) is 8.54. The molecule has 0 aliphatic rings. The molecule has 2 aromatic rings. The molecule has 0 aliphatic heterocycles. The van der Waals surface area contributed by atoms with Gasteiger partial charge in [0.15, 0.2) is 0 Å². The van der Waals surface area contributed by atoms with Gasteiger partial charge in [0.1, 0.15) is 5.75 Å². The fourth-order valence-corrected chi connectivity index (χ4v) is 1.76. The number of benzene rings is 2. The average molecular weight is 232 g/mol. The van der Waals surface area contributed by atoms with E-state index >= 15 is 0 Å². The SMILES string of the molecule is O=C(O)c1ccc2cccc(O)c2c1C(=O)O. The summed E-state index contributed by atoms with van der Waals surface area (Å²) in [5.74, 6) is -2.97. The Balaban J connectivity index is 2.98. The number of rotatable bonds is 2. The third-order valence-electron chi connectivity index (χ3n) is 2.47. The second-order valence-corrected chi connectivity index (χ2v) is 3.47. The number of phenolic OH excluding ortho intramolecular Hbond substituents is 1. The van der Waals surface area contributed by atoms with E-state index in [2.05, 4.69) is 0 Å². The summed E-state index contributed by atoms with van der Waals surface area (Å²) in [7, 11) is 0. The molecular weight excluding hydrogens is 224 g/mol. The minimum Gasteiger partial charge on any atom is -0.507 e. The van der Waals surface area contributed by atoms with Gasteiger partial charge in [-0.1, -0.05) is 18.2 Å². The minimum atomic E-state index is -1.38. The fraction of sp³-hybridized carbons (Fsp3) is 0. The molecule has 17 heavy (non-hydrogen) atoms. The number of phenols is 1. The topological polar surface area (TPSA) is 94.8 Å². The predicted molar refractivity (Wildman–Crippen MR) is 59.5 cm³/mol. The van der Waals surface area contributed by atoms with Crippen LogP contribution in [0.1, 0.15) is 20.7 Å². The van der Waals surface area contributed by atoms with Crippen LogP contribution in [0.4, 0.5) is 0 Å². The third-order valence-corrected chi connectivity index (χ3v) is 2.47. The number of aromatic carboxylic acids is 2. The lowest BCUT2D eigenvalue weighted by molar-refractivity contribution is 0.0653. The second-order valence-electron chi connectivity index (χ2n) is 3.47. The van der Waals surface area contributed by atoms with Crippen molar-refractivity contribution in [3.63, 3.8) is 0 Å². The number of hydrogen-bond acceptors (Lipinski definition) is 3.